The van der Waals surface area contributed by atoms with E-state index in [1.807, 2.05) is 25.1 Å². The summed E-state index contributed by atoms with van der Waals surface area (Å²) in [5.41, 5.74) is 4.16. The van der Waals surface area contributed by atoms with Gasteiger partial charge in [-0.1, -0.05) is 43.2 Å². The van der Waals surface area contributed by atoms with Crippen LogP contribution in [0.25, 0.3) is 11.3 Å². The third kappa shape index (κ3) is 5.44. The highest BCUT2D eigenvalue weighted by molar-refractivity contribution is 6.05. The molecule has 0 unspecified atom stereocenters. The van der Waals surface area contributed by atoms with E-state index < -0.39 is 6.03 Å². The number of nitrogens with one attached hydrogen (secondary N) is 2. The highest BCUT2D eigenvalue weighted by Gasteiger charge is 2.26. The van der Waals surface area contributed by atoms with Crippen molar-refractivity contribution in [1.29, 1.82) is 0 Å². The fourth-order valence-electron chi connectivity index (χ4n) is 4.95. The van der Waals surface area contributed by atoms with Crippen molar-refractivity contribution in [1.82, 2.24) is 15.1 Å². The number of aromatic nitrogens is 2. The first kappa shape index (κ1) is 25.2. The Balaban J connectivity index is 1.43. The molecule has 0 spiro atoms. The van der Waals surface area contributed by atoms with Crippen LogP contribution in [0.15, 0.2) is 72.8 Å². The van der Waals surface area contributed by atoms with E-state index in [-0.39, 0.29) is 29.9 Å². The number of hydrogen-bond donors (Lipinski definition) is 3. The van der Waals surface area contributed by atoms with Crippen molar-refractivity contribution in [2.24, 2.45) is 0 Å². The Bertz CT molecular complexity index is 1490. The van der Waals surface area contributed by atoms with E-state index in [1.165, 1.54) is 22.9 Å². The Hall–Kier alpha value is -4.46. The summed E-state index contributed by atoms with van der Waals surface area (Å²) in [6.45, 7) is 2.02. The fourth-order valence-corrected chi connectivity index (χ4v) is 4.95. The molecule has 5 rings (SSSR count). The maximum Gasteiger partial charge on any atom is 0.342 e. The van der Waals surface area contributed by atoms with Crippen LogP contribution in [-0.2, 0) is 6.54 Å². The van der Waals surface area contributed by atoms with Gasteiger partial charge in [-0.25, -0.2) is 9.18 Å². The van der Waals surface area contributed by atoms with E-state index >= 15 is 0 Å². The van der Waals surface area contributed by atoms with Crippen LogP contribution in [0.4, 0.5) is 14.9 Å². The molecule has 8 heteroatoms. The number of rotatable bonds is 6. The third-order valence-corrected chi connectivity index (χ3v) is 6.96. The van der Waals surface area contributed by atoms with Crippen molar-refractivity contribution in [2.75, 3.05) is 5.32 Å². The van der Waals surface area contributed by atoms with Crippen LogP contribution in [-0.4, -0.2) is 26.8 Å². The van der Waals surface area contributed by atoms with E-state index in [2.05, 4.69) is 15.7 Å². The second-order valence-electron chi connectivity index (χ2n) is 9.64. The number of carbonyl (C=O) groups is 2. The van der Waals surface area contributed by atoms with Crippen LogP contribution in [0.1, 0.15) is 58.8 Å². The van der Waals surface area contributed by atoms with Crippen LogP contribution in [0.3, 0.4) is 0 Å². The number of hydrogen-bond acceptors (Lipinski definition) is 4. The van der Waals surface area contributed by atoms with Crippen molar-refractivity contribution >= 4 is 17.6 Å². The van der Waals surface area contributed by atoms with Gasteiger partial charge in [0.2, 0.25) is 0 Å². The van der Waals surface area contributed by atoms with Gasteiger partial charge >= 0.3 is 6.03 Å². The van der Waals surface area contributed by atoms with E-state index in [0.29, 0.717) is 28.1 Å². The Kier molecular flexibility index (Phi) is 7.22. The first-order valence-electron chi connectivity index (χ1n) is 12.7. The Morgan fingerprint density at radius 3 is 2.58 bits per heavy atom. The molecule has 1 aliphatic rings. The number of nitrogens with zero attached hydrogens (tertiary/aromatic N) is 2. The van der Waals surface area contributed by atoms with E-state index in [4.69, 9.17) is 0 Å². The molecule has 1 saturated carbocycles. The average molecular weight is 513 g/mol. The molecule has 0 radical (unpaired) electrons. The number of halogens is 1. The Morgan fingerprint density at radius 2 is 1.82 bits per heavy atom. The number of amides is 2. The molecule has 0 atom stereocenters. The minimum atomic E-state index is -0.425. The predicted octanol–water partition coefficient (Wildman–Crippen LogP) is 6.37. The van der Waals surface area contributed by atoms with Crippen LogP contribution in [0.2, 0.25) is 0 Å². The first-order valence-corrected chi connectivity index (χ1v) is 12.7. The summed E-state index contributed by atoms with van der Waals surface area (Å²) < 4.78 is 14.9. The lowest BCUT2D eigenvalue weighted by Crippen LogP contribution is -2.30. The molecule has 1 heterocycles. The topological polar surface area (TPSA) is 96.2 Å². The standard InChI is InChI=1S/C30H29FN4O3/c1-19-7-2-5-12-24(19)29(37)33-23-13-14-28(36)25(16-23)26-17-27(21-9-3-4-10-21)35(34-26)30(38)32-18-20-8-6-11-22(31)15-20/h2,5-8,11-17,21,36H,3-4,9-10,18H2,1H3,(H,32,38)(H,33,37). The lowest BCUT2D eigenvalue weighted by molar-refractivity contribution is 0.102. The van der Waals surface area contributed by atoms with Crippen molar-refractivity contribution in [3.63, 3.8) is 0 Å². The summed E-state index contributed by atoms with van der Waals surface area (Å²) in [5, 5.41) is 20.9. The lowest BCUT2D eigenvalue weighted by Gasteiger charge is -2.12. The van der Waals surface area contributed by atoms with E-state index in [9.17, 15) is 19.1 Å². The summed E-state index contributed by atoms with van der Waals surface area (Å²) in [5.74, 6) is -0.466. The van der Waals surface area contributed by atoms with Gasteiger partial charge in [0.25, 0.3) is 5.91 Å². The minimum Gasteiger partial charge on any atom is -0.507 e. The summed E-state index contributed by atoms with van der Waals surface area (Å²) >= 11 is 0. The van der Waals surface area contributed by atoms with Gasteiger partial charge in [0.1, 0.15) is 11.6 Å². The van der Waals surface area contributed by atoms with Crippen molar-refractivity contribution in [3.05, 3.63) is 101 Å². The Morgan fingerprint density at radius 1 is 1.03 bits per heavy atom. The number of carbonyl (C=O) groups excluding carboxylic acids is 2. The summed E-state index contributed by atoms with van der Waals surface area (Å²) in [6, 6.07) is 19.6. The normalized spacial score (nSPS) is 13.4. The zero-order valence-electron chi connectivity index (χ0n) is 21.1. The van der Waals surface area contributed by atoms with Crippen LogP contribution in [0.5, 0.6) is 5.75 Å². The average Bonchev–Trinajstić information content (AvgIpc) is 3.59. The largest absolute Gasteiger partial charge is 0.507 e. The summed E-state index contributed by atoms with van der Waals surface area (Å²) in [7, 11) is 0. The zero-order valence-corrected chi connectivity index (χ0v) is 21.1. The maximum absolute atomic E-state index is 13.6. The maximum atomic E-state index is 13.6. The number of anilines is 1. The van der Waals surface area contributed by atoms with Crippen molar-refractivity contribution < 1.29 is 19.1 Å². The molecule has 1 aromatic heterocycles. The zero-order chi connectivity index (χ0) is 26.6. The quantitative estimate of drug-likeness (QED) is 0.262. The monoisotopic (exact) mass is 512 g/mol. The molecule has 2 amide bonds. The van der Waals surface area contributed by atoms with Crippen molar-refractivity contribution in [2.45, 2.75) is 45.1 Å². The van der Waals surface area contributed by atoms with Gasteiger partial charge in [-0.05, 0) is 73.4 Å². The van der Waals surface area contributed by atoms with Gasteiger partial charge in [-0.15, -0.1) is 0 Å². The van der Waals surface area contributed by atoms with E-state index in [0.717, 1.165) is 36.9 Å². The number of aryl methyl sites for hydroxylation is 1. The SMILES string of the molecule is Cc1ccccc1C(=O)Nc1ccc(O)c(-c2cc(C3CCCC3)n(C(=O)NCc3cccc(F)c3)n2)c1. The smallest absolute Gasteiger partial charge is 0.342 e. The summed E-state index contributed by atoms with van der Waals surface area (Å²) in [6.07, 6.45) is 4.03. The van der Waals surface area contributed by atoms with Gasteiger partial charge in [0.05, 0.1) is 11.4 Å². The van der Waals surface area contributed by atoms with Gasteiger partial charge in [0, 0.05) is 29.3 Å². The molecule has 1 fully saturated rings. The molecule has 0 aliphatic heterocycles. The molecule has 7 nitrogen and oxygen atoms in total. The number of phenolic OH excluding ortho intramolecular Hbond substituents is 1. The molecule has 0 bridgehead atoms. The highest BCUT2D eigenvalue weighted by atomic mass is 19.1. The van der Waals surface area contributed by atoms with Crippen LogP contribution >= 0.6 is 0 Å². The second kappa shape index (κ2) is 10.9. The van der Waals surface area contributed by atoms with Gasteiger partial charge in [-0.2, -0.15) is 9.78 Å². The van der Waals surface area contributed by atoms with Gasteiger partial charge in [0.15, 0.2) is 0 Å². The molecule has 4 aromatic rings. The molecule has 38 heavy (non-hydrogen) atoms. The number of aromatic hydroxyl groups is 1. The molecule has 194 valence electrons. The molecule has 1 aliphatic carbocycles. The first-order chi connectivity index (χ1) is 18.4. The second-order valence-corrected chi connectivity index (χ2v) is 9.64. The lowest BCUT2D eigenvalue weighted by atomic mass is 10.0. The van der Waals surface area contributed by atoms with Crippen molar-refractivity contribution in [3.8, 4) is 17.0 Å². The molecule has 3 N–H and O–H groups in total. The van der Waals surface area contributed by atoms with E-state index in [1.54, 1.807) is 36.4 Å². The van der Waals surface area contributed by atoms with Crippen LogP contribution in [0, 0.1) is 12.7 Å². The minimum absolute atomic E-state index is 0.0123. The fraction of sp³-hybridized carbons (Fsp3) is 0.233. The molecular weight excluding hydrogens is 483 g/mol. The molecule has 0 saturated heterocycles. The summed E-state index contributed by atoms with van der Waals surface area (Å²) in [4.78, 5) is 26.0. The highest BCUT2D eigenvalue weighted by Crippen LogP contribution is 2.38. The molecule has 3 aromatic carbocycles. The number of benzene rings is 3. The van der Waals surface area contributed by atoms with Crippen LogP contribution < -0.4 is 10.6 Å². The predicted molar refractivity (Wildman–Crippen MR) is 144 cm³/mol. The molecular formula is C30H29FN4O3. The van der Waals surface area contributed by atoms with Gasteiger partial charge < -0.3 is 15.7 Å². The third-order valence-electron chi connectivity index (χ3n) is 6.96. The Labute approximate surface area is 220 Å². The van der Waals surface area contributed by atoms with Gasteiger partial charge in [-0.3, -0.25) is 4.79 Å². The number of phenols is 1.